The molecule has 0 bridgehead atoms. The second kappa shape index (κ2) is 9.32. The Labute approximate surface area is 171 Å². The molecule has 8 nitrogen and oxygen atoms in total. The molecule has 0 radical (unpaired) electrons. The lowest BCUT2D eigenvalue weighted by atomic mass is 10.1. The number of carbonyl (C=O) groups excluding carboxylic acids is 1. The van der Waals surface area contributed by atoms with Crippen molar-refractivity contribution < 1.29 is 17.8 Å². The lowest BCUT2D eigenvalue weighted by Gasteiger charge is -2.27. The number of piperidine rings is 1. The minimum absolute atomic E-state index is 0.0666. The van der Waals surface area contributed by atoms with E-state index in [1.165, 1.54) is 31.4 Å². The number of benzene rings is 1. The zero-order valence-corrected chi connectivity index (χ0v) is 17.3. The number of hydrogen-bond acceptors (Lipinski definition) is 6. The van der Waals surface area contributed by atoms with E-state index in [4.69, 9.17) is 4.55 Å². The summed E-state index contributed by atoms with van der Waals surface area (Å²) in [5.41, 5.74) is 0.956. The third-order valence-corrected chi connectivity index (χ3v) is 5.80. The first-order valence-electron chi connectivity index (χ1n) is 9.77. The third kappa shape index (κ3) is 5.74. The highest BCUT2D eigenvalue weighted by atomic mass is 32.2. The van der Waals surface area contributed by atoms with Gasteiger partial charge in [0.2, 0.25) is 11.9 Å². The molecular formula is C20H26N4O4S. The number of amides is 1. The lowest BCUT2D eigenvalue weighted by molar-refractivity contribution is -0.117. The van der Waals surface area contributed by atoms with Gasteiger partial charge in [-0.15, -0.1) is 0 Å². The minimum Gasteiger partial charge on any atom is -0.341 e. The average Bonchev–Trinajstić information content (AvgIpc) is 3.15. The standard InChI is InChI=1S/C13H18N4O.C7H8O3S/c18-12-5-4-10-17(12)11-6-7-14-13(15-11)16-8-2-1-3-9-16;1-6-2-4-7(5-3-6)11(8,9)10/h6-7H,1-5,8-10H2;2-5H,1H3,(H,8,9,10). The average molecular weight is 419 g/mol. The molecule has 2 fully saturated rings. The smallest absolute Gasteiger partial charge is 0.294 e. The zero-order valence-electron chi connectivity index (χ0n) is 16.5. The molecule has 9 heteroatoms. The van der Waals surface area contributed by atoms with Crippen molar-refractivity contribution in [2.75, 3.05) is 29.4 Å². The largest absolute Gasteiger partial charge is 0.341 e. The first-order valence-corrected chi connectivity index (χ1v) is 11.2. The van der Waals surface area contributed by atoms with Gasteiger partial charge in [0, 0.05) is 32.3 Å². The highest BCUT2D eigenvalue weighted by molar-refractivity contribution is 7.85. The van der Waals surface area contributed by atoms with E-state index in [2.05, 4.69) is 14.9 Å². The number of aromatic nitrogens is 2. The van der Waals surface area contributed by atoms with Crippen LogP contribution in [0.25, 0.3) is 0 Å². The Bertz CT molecular complexity index is 941. The van der Waals surface area contributed by atoms with Crippen LogP contribution in [0.15, 0.2) is 41.4 Å². The lowest BCUT2D eigenvalue weighted by Crippen LogP contribution is -2.32. The van der Waals surface area contributed by atoms with E-state index in [0.29, 0.717) is 6.42 Å². The maximum absolute atomic E-state index is 11.7. The fraction of sp³-hybridized carbons (Fsp3) is 0.450. The van der Waals surface area contributed by atoms with Crippen LogP contribution in [0.5, 0.6) is 0 Å². The van der Waals surface area contributed by atoms with Gasteiger partial charge in [-0.3, -0.25) is 14.2 Å². The van der Waals surface area contributed by atoms with Crippen LogP contribution in [-0.4, -0.2) is 48.5 Å². The first kappa shape index (κ1) is 21.2. The normalized spacial score (nSPS) is 17.1. The molecule has 0 unspecified atom stereocenters. The summed E-state index contributed by atoms with van der Waals surface area (Å²) >= 11 is 0. The van der Waals surface area contributed by atoms with Gasteiger partial charge in [0.15, 0.2) is 0 Å². The van der Waals surface area contributed by atoms with E-state index in [1.807, 2.05) is 13.0 Å². The van der Waals surface area contributed by atoms with Crippen molar-refractivity contribution in [2.45, 2.75) is 43.9 Å². The van der Waals surface area contributed by atoms with Gasteiger partial charge in [-0.05, 0) is 50.8 Å². The summed E-state index contributed by atoms with van der Waals surface area (Å²) in [6.45, 7) is 4.68. The number of carbonyl (C=O) groups is 1. The Balaban J connectivity index is 0.000000188. The van der Waals surface area contributed by atoms with Gasteiger partial charge < -0.3 is 4.90 Å². The molecule has 2 saturated heterocycles. The molecule has 2 aromatic rings. The number of rotatable bonds is 3. The van der Waals surface area contributed by atoms with Crippen LogP contribution < -0.4 is 9.80 Å². The van der Waals surface area contributed by atoms with Crippen LogP contribution in [0.3, 0.4) is 0 Å². The molecule has 0 saturated carbocycles. The molecule has 1 aromatic heterocycles. The summed E-state index contributed by atoms with van der Waals surface area (Å²) in [6.07, 6.45) is 7.04. The molecule has 0 spiro atoms. The van der Waals surface area contributed by atoms with Gasteiger partial charge in [-0.1, -0.05) is 17.7 Å². The van der Waals surface area contributed by atoms with Crippen LogP contribution in [0.2, 0.25) is 0 Å². The summed E-state index contributed by atoms with van der Waals surface area (Å²) in [5.74, 6) is 1.71. The molecule has 0 atom stereocenters. The summed E-state index contributed by atoms with van der Waals surface area (Å²) in [7, 11) is -4.02. The molecule has 4 rings (SSSR count). The molecule has 2 aliphatic rings. The topological polar surface area (TPSA) is 104 Å². The van der Waals surface area contributed by atoms with Crippen molar-refractivity contribution in [2.24, 2.45) is 0 Å². The predicted octanol–water partition coefficient (Wildman–Crippen LogP) is 2.84. The van der Waals surface area contributed by atoms with Crippen LogP contribution in [0.4, 0.5) is 11.8 Å². The van der Waals surface area contributed by atoms with Crippen LogP contribution in [0.1, 0.15) is 37.7 Å². The van der Waals surface area contributed by atoms with Crippen LogP contribution >= 0.6 is 0 Å². The second-order valence-electron chi connectivity index (χ2n) is 7.20. The van der Waals surface area contributed by atoms with Crippen LogP contribution in [0, 0.1) is 6.92 Å². The van der Waals surface area contributed by atoms with Crippen molar-refractivity contribution in [3.05, 3.63) is 42.1 Å². The molecule has 3 heterocycles. The van der Waals surface area contributed by atoms with Gasteiger partial charge in [-0.25, -0.2) is 4.98 Å². The molecule has 1 N–H and O–H groups in total. The molecule has 2 aliphatic heterocycles. The quantitative estimate of drug-likeness (QED) is 0.764. The SMILES string of the molecule is Cc1ccc(S(=O)(=O)O)cc1.O=C1CCCN1c1ccnc(N2CCCCC2)n1. The van der Waals surface area contributed by atoms with E-state index >= 15 is 0 Å². The second-order valence-corrected chi connectivity index (χ2v) is 8.62. The zero-order chi connectivity index (χ0) is 20.9. The Morgan fingerprint density at radius 3 is 2.24 bits per heavy atom. The van der Waals surface area contributed by atoms with Gasteiger partial charge in [0.05, 0.1) is 4.90 Å². The van der Waals surface area contributed by atoms with Crippen molar-refractivity contribution in [1.29, 1.82) is 0 Å². The number of aryl methyl sites for hydroxylation is 1. The summed E-state index contributed by atoms with van der Waals surface area (Å²) < 4.78 is 29.6. The van der Waals surface area contributed by atoms with E-state index in [-0.39, 0.29) is 10.8 Å². The Morgan fingerprint density at radius 1 is 0.966 bits per heavy atom. The Morgan fingerprint density at radius 2 is 1.66 bits per heavy atom. The fourth-order valence-corrected chi connectivity index (χ4v) is 3.82. The van der Waals surface area contributed by atoms with Crippen molar-refractivity contribution >= 4 is 27.8 Å². The van der Waals surface area contributed by atoms with Gasteiger partial charge >= 0.3 is 0 Å². The predicted molar refractivity (Wildman–Crippen MR) is 111 cm³/mol. The maximum Gasteiger partial charge on any atom is 0.294 e. The Kier molecular flexibility index (Phi) is 6.81. The highest BCUT2D eigenvalue weighted by Crippen LogP contribution is 2.22. The van der Waals surface area contributed by atoms with Crippen molar-refractivity contribution in [3.8, 4) is 0 Å². The minimum atomic E-state index is -4.02. The molecular weight excluding hydrogens is 392 g/mol. The third-order valence-electron chi connectivity index (χ3n) is 4.94. The molecule has 1 amide bonds. The van der Waals surface area contributed by atoms with Crippen LogP contribution in [-0.2, 0) is 14.9 Å². The molecule has 156 valence electrons. The van der Waals surface area contributed by atoms with E-state index in [9.17, 15) is 13.2 Å². The van der Waals surface area contributed by atoms with E-state index < -0.39 is 10.1 Å². The van der Waals surface area contributed by atoms with Gasteiger partial charge in [0.25, 0.3) is 10.1 Å². The maximum atomic E-state index is 11.7. The summed E-state index contributed by atoms with van der Waals surface area (Å²) in [5, 5.41) is 0. The molecule has 1 aromatic carbocycles. The van der Waals surface area contributed by atoms with E-state index in [0.717, 1.165) is 43.4 Å². The Hall–Kier alpha value is -2.52. The van der Waals surface area contributed by atoms with Gasteiger partial charge in [-0.2, -0.15) is 13.4 Å². The van der Waals surface area contributed by atoms with Crippen molar-refractivity contribution in [1.82, 2.24) is 9.97 Å². The fourth-order valence-electron chi connectivity index (χ4n) is 3.34. The highest BCUT2D eigenvalue weighted by Gasteiger charge is 2.24. The number of nitrogens with zero attached hydrogens (tertiary/aromatic N) is 4. The monoisotopic (exact) mass is 418 g/mol. The van der Waals surface area contributed by atoms with Crippen molar-refractivity contribution in [3.63, 3.8) is 0 Å². The summed E-state index contributed by atoms with van der Waals surface area (Å²) in [4.78, 5) is 24.5. The molecule has 29 heavy (non-hydrogen) atoms. The first-order chi connectivity index (χ1) is 13.8. The molecule has 0 aliphatic carbocycles. The van der Waals surface area contributed by atoms with E-state index in [1.54, 1.807) is 23.2 Å². The van der Waals surface area contributed by atoms with Gasteiger partial charge in [0.1, 0.15) is 5.82 Å². The number of anilines is 2. The number of hydrogen-bond donors (Lipinski definition) is 1. The summed E-state index contributed by atoms with van der Waals surface area (Å²) in [6, 6.07) is 7.82.